The van der Waals surface area contributed by atoms with Gasteiger partial charge in [0.1, 0.15) is 5.82 Å². The van der Waals surface area contributed by atoms with Gasteiger partial charge in [0.2, 0.25) is 0 Å². The second kappa shape index (κ2) is 6.26. The molecule has 0 bridgehead atoms. The van der Waals surface area contributed by atoms with Crippen LogP contribution in [-0.2, 0) is 19.5 Å². The summed E-state index contributed by atoms with van der Waals surface area (Å²) in [6.45, 7) is 3.85. The van der Waals surface area contributed by atoms with Crippen LogP contribution in [-0.4, -0.2) is 30.6 Å². The highest BCUT2D eigenvalue weighted by Gasteiger charge is 2.26. The average Bonchev–Trinajstić information content (AvgIpc) is 3.09. The van der Waals surface area contributed by atoms with Gasteiger partial charge < -0.3 is 10.6 Å². The highest BCUT2D eigenvalue weighted by atomic mass is 16.2. The molecule has 1 aliphatic heterocycles. The summed E-state index contributed by atoms with van der Waals surface area (Å²) in [5.74, 6) is 2.45. The van der Waals surface area contributed by atoms with Crippen LogP contribution in [0.1, 0.15) is 50.3 Å². The van der Waals surface area contributed by atoms with Crippen LogP contribution in [0.3, 0.4) is 0 Å². The van der Waals surface area contributed by atoms with E-state index in [9.17, 15) is 4.79 Å². The molecule has 0 aromatic carbocycles. The molecule has 4 rings (SSSR count). The van der Waals surface area contributed by atoms with E-state index < -0.39 is 0 Å². The fourth-order valence-electron chi connectivity index (χ4n) is 3.10. The lowest BCUT2D eigenvalue weighted by Crippen LogP contribution is -2.36. The molecule has 1 saturated carbocycles. The quantitative estimate of drug-likeness (QED) is 0.879. The van der Waals surface area contributed by atoms with Crippen molar-refractivity contribution < 1.29 is 4.79 Å². The van der Waals surface area contributed by atoms with Crippen molar-refractivity contribution in [2.24, 2.45) is 5.92 Å². The normalized spacial score (nSPS) is 19.8. The third-order valence-electron chi connectivity index (χ3n) is 4.57. The molecular weight excluding hydrogens is 306 g/mol. The first-order chi connectivity index (χ1) is 11.7. The number of carbonyl (C=O) groups excluding carboxylic acids is 1. The molecule has 0 spiro atoms. The smallest absolute Gasteiger partial charge is 0.319 e. The van der Waals surface area contributed by atoms with E-state index in [1.54, 1.807) is 6.20 Å². The van der Waals surface area contributed by atoms with E-state index in [1.807, 2.05) is 22.5 Å². The van der Waals surface area contributed by atoms with E-state index in [1.165, 1.54) is 12.8 Å². The van der Waals surface area contributed by atoms with Crippen molar-refractivity contribution in [1.82, 2.24) is 29.9 Å². The maximum atomic E-state index is 12.3. The largest absolute Gasteiger partial charge is 0.328 e. The molecule has 8 heteroatoms. The molecule has 3 heterocycles. The van der Waals surface area contributed by atoms with E-state index in [-0.39, 0.29) is 12.1 Å². The molecule has 24 heavy (non-hydrogen) atoms. The first kappa shape index (κ1) is 15.2. The van der Waals surface area contributed by atoms with Crippen LogP contribution in [0.5, 0.6) is 0 Å². The third kappa shape index (κ3) is 3.27. The molecule has 1 aliphatic carbocycles. The summed E-state index contributed by atoms with van der Waals surface area (Å²) in [5, 5.41) is 14.6. The van der Waals surface area contributed by atoms with Crippen LogP contribution in [0.25, 0.3) is 0 Å². The minimum atomic E-state index is -0.222. The van der Waals surface area contributed by atoms with Gasteiger partial charge >= 0.3 is 6.03 Å². The van der Waals surface area contributed by atoms with Gasteiger partial charge in [-0.15, -0.1) is 0 Å². The van der Waals surface area contributed by atoms with E-state index >= 15 is 0 Å². The summed E-state index contributed by atoms with van der Waals surface area (Å²) in [4.78, 5) is 16.8. The van der Waals surface area contributed by atoms with Crippen LogP contribution in [0, 0.1) is 5.92 Å². The molecule has 0 radical (unpaired) electrons. The molecule has 128 valence electrons. The zero-order valence-electron chi connectivity index (χ0n) is 13.9. The first-order valence-corrected chi connectivity index (χ1v) is 8.75. The fraction of sp³-hybridized carbons (Fsp3) is 0.625. The van der Waals surface area contributed by atoms with Gasteiger partial charge in [0.05, 0.1) is 17.9 Å². The van der Waals surface area contributed by atoms with Crippen LogP contribution >= 0.6 is 0 Å². The molecule has 1 fully saturated rings. The molecule has 2 aliphatic rings. The van der Waals surface area contributed by atoms with Gasteiger partial charge in [0, 0.05) is 25.7 Å². The minimum absolute atomic E-state index is 0.0898. The number of hydrogen-bond acceptors (Lipinski definition) is 4. The number of hydrogen-bond donors (Lipinski definition) is 2. The lowest BCUT2D eigenvalue weighted by atomic mass is 10.1. The second-order valence-corrected chi connectivity index (χ2v) is 6.65. The van der Waals surface area contributed by atoms with Crippen molar-refractivity contribution in [2.45, 2.75) is 58.2 Å². The zero-order chi connectivity index (χ0) is 16.5. The lowest BCUT2D eigenvalue weighted by Gasteiger charge is -2.23. The van der Waals surface area contributed by atoms with Crippen molar-refractivity contribution in [1.29, 1.82) is 0 Å². The Morgan fingerprint density at radius 1 is 1.38 bits per heavy atom. The Kier molecular flexibility index (Phi) is 3.95. The third-order valence-corrected chi connectivity index (χ3v) is 4.57. The number of nitrogens with one attached hydrogen (secondary N) is 2. The summed E-state index contributed by atoms with van der Waals surface area (Å²) in [7, 11) is 0. The molecule has 2 amide bonds. The predicted molar refractivity (Wildman–Crippen MR) is 88.5 cm³/mol. The topological polar surface area (TPSA) is 89.7 Å². The molecule has 2 N–H and O–H groups in total. The van der Waals surface area contributed by atoms with Gasteiger partial charge in [-0.05, 0) is 31.6 Å². The number of aromatic nitrogens is 5. The molecule has 2 aromatic rings. The van der Waals surface area contributed by atoms with E-state index in [2.05, 4.69) is 25.8 Å². The van der Waals surface area contributed by atoms with Crippen molar-refractivity contribution in [3.05, 3.63) is 24.0 Å². The summed E-state index contributed by atoms with van der Waals surface area (Å²) in [5.41, 5.74) is 0.722. The van der Waals surface area contributed by atoms with Crippen LogP contribution < -0.4 is 10.6 Å². The number of rotatable bonds is 5. The highest BCUT2D eigenvalue weighted by molar-refractivity contribution is 5.89. The predicted octanol–water partition coefficient (Wildman–Crippen LogP) is 2.10. The first-order valence-electron chi connectivity index (χ1n) is 8.75. The Labute approximate surface area is 140 Å². The maximum absolute atomic E-state index is 12.3. The zero-order valence-corrected chi connectivity index (χ0v) is 13.9. The molecule has 0 saturated heterocycles. The average molecular weight is 329 g/mol. The second-order valence-electron chi connectivity index (χ2n) is 6.65. The number of urea groups is 1. The molecule has 2 aromatic heterocycles. The highest BCUT2D eigenvalue weighted by Crippen LogP contribution is 2.30. The Morgan fingerprint density at radius 3 is 3.04 bits per heavy atom. The number of anilines is 1. The van der Waals surface area contributed by atoms with Gasteiger partial charge in [0.15, 0.2) is 5.82 Å². The Hall–Kier alpha value is -2.38. The number of amides is 2. The van der Waals surface area contributed by atoms with E-state index in [0.717, 1.165) is 55.6 Å². The Morgan fingerprint density at radius 2 is 2.25 bits per heavy atom. The number of aryl methyl sites for hydroxylation is 2. The standard InChI is InChI=1S/C16H23N7O/c1-2-14-20-15-13(4-3-7-23(15)21-14)19-16(24)18-12-8-17-22(10-12)9-11-5-6-11/h8,10-11,13H,2-7,9H2,1H3,(H2,18,19,24)/t13-/m0/s1. The molecular formula is C16H23N7O. The van der Waals surface area contributed by atoms with Gasteiger partial charge in [0.25, 0.3) is 0 Å². The number of fused-ring (bicyclic) bond motifs is 1. The van der Waals surface area contributed by atoms with Crippen LogP contribution in [0.4, 0.5) is 10.5 Å². The van der Waals surface area contributed by atoms with E-state index in [4.69, 9.17) is 0 Å². The molecule has 1 atom stereocenters. The SMILES string of the molecule is CCc1nc2n(n1)CCC[C@@H]2NC(=O)Nc1cnn(CC2CC2)c1. The van der Waals surface area contributed by atoms with Gasteiger partial charge in [-0.3, -0.25) is 4.68 Å². The Bertz CT molecular complexity index is 731. The van der Waals surface area contributed by atoms with E-state index in [0.29, 0.717) is 0 Å². The van der Waals surface area contributed by atoms with Crippen LogP contribution in [0.2, 0.25) is 0 Å². The maximum Gasteiger partial charge on any atom is 0.319 e. The summed E-state index contributed by atoms with van der Waals surface area (Å²) in [6.07, 6.45) is 8.83. The summed E-state index contributed by atoms with van der Waals surface area (Å²) < 4.78 is 3.82. The number of nitrogens with zero attached hydrogens (tertiary/aromatic N) is 5. The van der Waals surface area contributed by atoms with Crippen molar-refractivity contribution in [2.75, 3.05) is 5.32 Å². The van der Waals surface area contributed by atoms with Gasteiger partial charge in [-0.2, -0.15) is 10.2 Å². The monoisotopic (exact) mass is 329 g/mol. The van der Waals surface area contributed by atoms with Crippen molar-refractivity contribution in [3.63, 3.8) is 0 Å². The van der Waals surface area contributed by atoms with Crippen LogP contribution in [0.15, 0.2) is 12.4 Å². The van der Waals surface area contributed by atoms with Gasteiger partial charge in [-0.1, -0.05) is 6.92 Å². The summed E-state index contributed by atoms with van der Waals surface area (Å²) in [6, 6.07) is -0.312. The molecule has 8 nitrogen and oxygen atoms in total. The molecule has 0 unspecified atom stereocenters. The van der Waals surface area contributed by atoms with Gasteiger partial charge in [-0.25, -0.2) is 14.5 Å². The minimum Gasteiger partial charge on any atom is -0.328 e. The number of carbonyl (C=O) groups is 1. The van der Waals surface area contributed by atoms with Crippen molar-refractivity contribution in [3.8, 4) is 0 Å². The summed E-state index contributed by atoms with van der Waals surface area (Å²) >= 11 is 0. The lowest BCUT2D eigenvalue weighted by molar-refractivity contribution is 0.244. The van der Waals surface area contributed by atoms with Crippen molar-refractivity contribution >= 4 is 11.7 Å². The Balaban J connectivity index is 1.37. The fourth-order valence-corrected chi connectivity index (χ4v) is 3.10.